The summed E-state index contributed by atoms with van der Waals surface area (Å²) in [5.41, 5.74) is 1.09. The predicted molar refractivity (Wildman–Crippen MR) is 120 cm³/mol. The average Bonchev–Trinajstić information content (AvgIpc) is 3.43. The molecule has 3 heterocycles. The van der Waals surface area contributed by atoms with Gasteiger partial charge in [0.15, 0.2) is 10.9 Å². The fourth-order valence-corrected chi connectivity index (χ4v) is 4.27. The lowest BCUT2D eigenvalue weighted by Crippen LogP contribution is -2.18. The zero-order valence-corrected chi connectivity index (χ0v) is 18.1. The molecule has 7 nitrogen and oxygen atoms in total. The molecule has 0 saturated heterocycles. The number of thiazole rings is 1. The Labute approximate surface area is 186 Å². The van der Waals surface area contributed by atoms with Crippen molar-refractivity contribution >= 4 is 40.0 Å². The van der Waals surface area contributed by atoms with Crippen LogP contribution in [0.15, 0.2) is 80.5 Å². The van der Waals surface area contributed by atoms with Gasteiger partial charge in [-0.1, -0.05) is 30.0 Å². The summed E-state index contributed by atoms with van der Waals surface area (Å²) < 4.78 is 5.71. The third-order valence-corrected chi connectivity index (χ3v) is 5.91. The molecule has 0 atom stereocenters. The number of anilines is 1. The highest BCUT2D eigenvalue weighted by molar-refractivity contribution is 7.99. The normalized spacial score (nSPS) is 10.6. The number of pyridine rings is 1. The SMILES string of the molecule is CC(=O)NCc1ccc(-c2csc(NC(=O)c3cccnc3Sc3ccccc3)n2)o1. The number of nitrogens with one attached hydrogen (secondary N) is 2. The lowest BCUT2D eigenvalue weighted by Gasteiger charge is -2.07. The van der Waals surface area contributed by atoms with Crippen molar-refractivity contribution in [2.24, 2.45) is 0 Å². The summed E-state index contributed by atoms with van der Waals surface area (Å²) in [5, 5.41) is 8.41. The van der Waals surface area contributed by atoms with Crippen molar-refractivity contribution in [1.29, 1.82) is 0 Å². The molecule has 0 spiro atoms. The lowest BCUT2D eigenvalue weighted by molar-refractivity contribution is -0.119. The molecule has 0 aliphatic rings. The van der Waals surface area contributed by atoms with Crippen LogP contribution in [0.3, 0.4) is 0 Å². The van der Waals surface area contributed by atoms with Crippen molar-refractivity contribution in [3.05, 3.63) is 77.5 Å². The van der Waals surface area contributed by atoms with Crippen molar-refractivity contribution in [2.45, 2.75) is 23.4 Å². The molecule has 2 N–H and O–H groups in total. The average molecular weight is 451 g/mol. The summed E-state index contributed by atoms with van der Waals surface area (Å²) in [5.74, 6) is 0.788. The maximum atomic E-state index is 12.9. The second-order valence-corrected chi connectivity index (χ2v) is 8.36. The minimum absolute atomic E-state index is 0.128. The van der Waals surface area contributed by atoms with E-state index < -0.39 is 0 Å². The molecule has 1 aromatic carbocycles. The number of carbonyl (C=O) groups excluding carboxylic acids is 2. The Bertz CT molecular complexity index is 1200. The highest BCUT2D eigenvalue weighted by Gasteiger charge is 2.16. The van der Waals surface area contributed by atoms with E-state index in [0.29, 0.717) is 39.5 Å². The maximum Gasteiger partial charge on any atom is 0.260 e. The Morgan fingerprint density at radius 1 is 1.10 bits per heavy atom. The third kappa shape index (κ3) is 5.39. The first kappa shape index (κ1) is 20.8. The standard InChI is InChI=1S/C22H18N4O3S2/c1-14(27)24-12-15-9-10-19(29-15)18-13-30-22(25-18)26-20(28)17-8-5-11-23-21(17)31-16-6-3-2-4-7-16/h2-11,13H,12H2,1H3,(H,24,27)(H,25,26,28). The topological polar surface area (TPSA) is 97.1 Å². The van der Waals surface area contributed by atoms with Crippen LogP contribution in [0.2, 0.25) is 0 Å². The van der Waals surface area contributed by atoms with Crippen LogP contribution < -0.4 is 10.6 Å². The third-order valence-electron chi connectivity index (χ3n) is 4.12. The number of rotatable bonds is 7. The van der Waals surface area contributed by atoms with Crippen molar-refractivity contribution in [2.75, 3.05) is 5.32 Å². The summed E-state index contributed by atoms with van der Waals surface area (Å²) in [7, 11) is 0. The first-order valence-corrected chi connectivity index (χ1v) is 11.1. The lowest BCUT2D eigenvalue weighted by atomic mass is 10.3. The minimum Gasteiger partial charge on any atom is -0.458 e. The Kier molecular flexibility index (Phi) is 6.44. The van der Waals surface area contributed by atoms with Gasteiger partial charge in [0.25, 0.3) is 5.91 Å². The van der Waals surface area contributed by atoms with Gasteiger partial charge in [0.1, 0.15) is 16.5 Å². The van der Waals surface area contributed by atoms with Crippen LogP contribution in [0.1, 0.15) is 23.0 Å². The van der Waals surface area contributed by atoms with Gasteiger partial charge in [0.2, 0.25) is 5.91 Å². The van der Waals surface area contributed by atoms with Crippen LogP contribution in [0, 0.1) is 0 Å². The molecule has 4 aromatic rings. The summed E-state index contributed by atoms with van der Waals surface area (Å²) >= 11 is 2.74. The number of nitrogens with zero attached hydrogens (tertiary/aromatic N) is 2. The van der Waals surface area contributed by atoms with Gasteiger partial charge in [0, 0.05) is 23.4 Å². The Morgan fingerprint density at radius 2 is 1.94 bits per heavy atom. The van der Waals surface area contributed by atoms with E-state index in [1.165, 1.54) is 30.0 Å². The van der Waals surface area contributed by atoms with E-state index in [-0.39, 0.29) is 11.8 Å². The van der Waals surface area contributed by atoms with E-state index in [9.17, 15) is 9.59 Å². The Morgan fingerprint density at radius 3 is 2.74 bits per heavy atom. The van der Waals surface area contributed by atoms with E-state index >= 15 is 0 Å². The summed E-state index contributed by atoms with van der Waals surface area (Å²) in [6.45, 7) is 1.76. The quantitative estimate of drug-likeness (QED) is 0.418. The smallest absolute Gasteiger partial charge is 0.260 e. The predicted octanol–water partition coefficient (Wildman–Crippen LogP) is 4.84. The second kappa shape index (κ2) is 9.59. The molecule has 0 aliphatic heterocycles. The van der Waals surface area contributed by atoms with Gasteiger partial charge in [0.05, 0.1) is 12.1 Å². The molecule has 0 unspecified atom stereocenters. The molecule has 2 amide bonds. The van der Waals surface area contributed by atoms with Crippen LogP contribution in [0.25, 0.3) is 11.5 Å². The van der Waals surface area contributed by atoms with E-state index in [0.717, 1.165) is 4.90 Å². The van der Waals surface area contributed by atoms with E-state index in [1.54, 1.807) is 35.8 Å². The number of carbonyl (C=O) groups is 2. The molecular weight excluding hydrogens is 432 g/mol. The summed E-state index contributed by atoms with van der Waals surface area (Å²) in [6, 6.07) is 16.8. The highest BCUT2D eigenvalue weighted by Crippen LogP contribution is 2.30. The van der Waals surface area contributed by atoms with Crippen molar-refractivity contribution in [3.63, 3.8) is 0 Å². The molecule has 9 heteroatoms. The molecule has 0 bridgehead atoms. The van der Waals surface area contributed by atoms with Crippen LogP contribution in [0.4, 0.5) is 5.13 Å². The number of furan rings is 1. The Hall–Kier alpha value is -3.43. The van der Waals surface area contributed by atoms with Gasteiger partial charge in [-0.25, -0.2) is 9.97 Å². The molecule has 31 heavy (non-hydrogen) atoms. The highest BCUT2D eigenvalue weighted by atomic mass is 32.2. The zero-order valence-electron chi connectivity index (χ0n) is 16.5. The first-order chi connectivity index (χ1) is 15.1. The van der Waals surface area contributed by atoms with Crippen molar-refractivity contribution in [1.82, 2.24) is 15.3 Å². The fourth-order valence-electron chi connectivity index (χ4n) is 2.68. The van der Waals surface area contributed by atoms with Crippen LogP contribution in [-0.4, -0.2) is 21.8 Å². The summed E-state index contributed by atoms with van der Waals surface area (Å²) in [4.78, 5) is 33.7. The molecule has 0 aliphatic carbocycles. The number of amides is 2. The van der Waals surface area contributed by atoms with Gasteiger partial charge >= 0.3 is 0 Å². The van der Waals surface area contributed by atoms with Gasteiger partial charge in [-0.2, -0.15) is 0 Å². The molecular formula is C22H18N4O3S2. The zero-order chi connectivity index (χ0) is 21.6. The van der Waals surface area contributed by atoms with Crippen molar-refractivity contribution in [3.8, 4) is 11.5 Å². The van der Waals surface area contributed by atoms with Crippen LogP contribution in [-0.2, 0) is 11.3 Å². The largest absolute Gasteiger partial charge is 0.458 e. The fraction of sp³-hybridized carbons (Fsp3) is 0.0909. The summed E-state index contributed by atoms with van der Waals surface area (Å²) in [6.07, 6.45) is 1.67. The monoisotopic (exact) mass is 450 g/mol. The minimum atomic E-state index is -0.279. The van der Waals surface area contributed by atoms with Crippen LogP contribution >= 0.6 is 23.1 Å². The number of benzene rings is 1. The molecule has 156 valence electrons. The molecule has 0 saturated carbocycles. The van der Waals surface area contributed by atoms with Gasteiger partial charge < -0.3 is 9.73 Å². The van der Waals surface area contributed by atoms with E-state index in [4.69, 9.17) is 4.42 Å². The van der Waals surface area contributed by atoms with E-state index in [1.807, 2.05) is 30.3 Å². The molecule has 4 rings (SSSR count). The molecule has 0 radical (unpaired) electrons. The molecule has 3 aromatic heterocycles. The van der Waals surface area contributed by atoms with E-state index in [2.05, 4.69) is 20.6 Å². The second-order valence-electron chi connectivity index (χ2n) is 6.44. The van der Waals surface area contributed by atoms with Crippen LogP contribution in [0.5, 0.6) is 0 Å². The van der Waals surface area contributed by atoms with Gasteiger partial charge in [-0.3, -0.25) is 14.9 Å². The number of hydrogen-bond acceptors (Lipinski definition) is 7. The van der Waals surface area contributed by atoms with Gasteiger partial charge in [-0.15, -0.1) is 11.3 Å². The first-order valence-electron chi connectivity index (χ1n) is 9.37. The number of hydrogen-bond donors (Lipinski definition) is 2. The number of aromatic nitrogens is 2. The Balaban J connectivity index is 1.46. The van der Waals surface area contributed by atoms with Crippen molar-refractivity contribution < 1.29 is 14.0 Å². The maximum absolute atomic E-state index is 12.9. The van der Waals surface area contributed by atoms with Gasteiger partial charge in [-0.05, 0) is 36.4 Å². The molecule has 0 fully saturated rings.